The van der Waals surface area contributed by atoms with Crippen molar-refractivity contribution >= 4 is 27.1 Å². The minimum Gasteiger partial charge on any atom is -0.370 e. The van der Waals surface area contributed by atoms with Gasteiger partial charge in [0.05, 0.1) is 10.4 Å². The highest BCUT2D eigenvalue weighted by molar-refractivity contribution is 7.17. The number of benzene rings is 1. The largest absolute Gasteiger partial charge is 0.370 e. The Labute approximate surface area is 99.7 Å². The Morgan fingerprint density at radius 3 is 2.81 bits per heavy atom. The molecule has 3 rings (SSSR count). The van der Waals surface area contributed by atoms with Crippen molar-refractivity contribution in [2.75, 3.05) is 18.0 Å². The number of hydrogen-bond acceptors (Lipinski definition) is 3. The first-order valence-corrected chi connectivity index (χ1v) is 6.69. The van der Waals surface area contributed by atoms with E-state index in [1.807, 2.05) is 11.3 Å². The van der Waals surface area contributed by atoms with Gasteiger partial charge in [-0.05, 0) is 35.7 Å². The van der Waals surface area contributed by atoms with E-state index in [1.165, 1.54) is 15.8 Å². The van der Waals surface area contributed by atoms with E-state index in [1.54, 1.807) is 0 Å². The van der Waals surface area contributed by atoms with Crippen LogP contribution in [0.2, 0.25) is 0 Å². The molecule has 1 saturated heterocycles. The van der Waals surface area contributed by atoms with E-state index >= 15 is 0 Å². The highest BCUT2D eigenvalue weighted by atomic mass is 32.1. The molecular formula is C13H16N2S. The van der Waals surface area contributed by atoms with Gasteiger partial charge >= 0.3 is 0 Å². The maximum Gasteiger partial charge on any atom is 0.0576 e. The van der Waals surface area contributed by atoms with Crippen LogP contribution in [0.3, 0.4) is 0 Å². The summed E-state index contributed by atoms with van der Waals surface area (Å²) in [4.78, 5) is 2.47. The Hall–Kier alpha value is -1.06. The van der Waals surface area contributed by atoms with Crippen molar-refractivity contribution in [2.45, 2.75) is 18.9 Å². The van der Waals surface area contributed by atoms with E-state index in [9.17, 15) is 0 Å². The highest BCUT2D eigenvalue weighted by Gasteiger charge is 2.17. The Balaban J connectivity index is 1.96. The van der Waals surface area contributed by atoms with E-state index in [-0.39, 0.29) is 0 Å². The lowest BCUT2D eigenvalue weighted by atomic mass is 10.1. The smallest absolute Gasteiger partial charge is 0.0576 e. The summed E-state index contributed by atoms with van der Waals surface area (Å²) in [6, 6.07) is 9.16. The molecule has 0 unspecified atom stereocenters. The molecule has 0 aliphatic carbocycles. The minimum absolute atomic E-state index is 0.402. The second-order valence-corrected chi connectivity index (χ2v) is 5.36. The number of anilines is 1. The van der Waals surface area contributed by atoms with Gasteiger partial charge in [0.2, 0.25) is 0 Å². The molecule has 0 saturated carbocycles. The first-order chi connectivity index (χ1) is 7.84. The van der Waals surface area contributed by atoms with Gasteiger partial charge in [-0.1, -0.05) is 12.1 Å². The maximum atomic E-state index is 5.94. The third-order valence-corrected chi connectivity index (χ3v) is 4.29. The molecule has 0 spiro atoms. The Morgan fingerprint density at radius 1 is 1.19 bits per heavy atom. The molecule has 2 N–H and O–H groups in total. The number of fused-ring (bicyclic) bond motifs is 1. The molecule has 0 atom stereocenters. The van der Waals surface area contributed by atoms with Gasteiger partial charge in [0, 0.05) is 19.1 Å². The van der Waals surface area contributed by atoms with Crippen LogP contribution in [0.1, 0.15) is 12.8 Å². The van der Waals surface area contributed by atoms with Crippen LogP contribution in [0.4, 0.5) is 5.69 Å². The second-order valence-electron chi connectivity index (χ2n) is 4.44. The molecular weight excluding hydrogens is 216 g/mol. The van der Waals surface area contributed by atoms with Crippen molar-refractivity contribution in [2.24, 2.45) is 5.73 Å². The van der Waals surface area contributed by atoms with Crippen molar-refractivity contribution in [3.05, 3.63) is 29.6 Å². The fraction of sp³-hybridized carbons (Fsp3) is 0.385. The summed E-state index contributed by atoms with van der Waals surface area (Å²) in [6.45, 7) is 2.19. The zero-order chi connectivity index (χ0) is 11.0. The third kappa shape index (κ3) is 1.70. The average Bonchev–Trinajstić information content (AvgIpc) is 2.78. The summed E-state index contributed by atoms with van der Waals surface area (Å²) in [7, 11) is 0. The molecule has 2 nitrogen and oxygen atoms in total. The van der Waals surface area contributed by atoms with Gasteiger partial charge in [-0.2, -0.15) is 0 Å². The van der Waals surface area contributed by atoms with Crippen LogP contribution < -0.4 is 10.6 Å². The zero-order valence-electron chi connectivity index (χ0n) is 9.23. The molecule has 0 bridgehead atoms. The van der Waals surface area contributed by atoms with E-state index in [0.29, 0.717) is 6.04 Å². The van der Waals surface area contributed by atoms with Crippen LogP contribution in [0.15, 0.2) is 29.6 Å². The molecule has 2 heterocycles. The molecule has 1 aliphatic rings. The van der Waals surface area contributed by atoms with Crippen LogP contribution >= 0.6 is 11.3 Å². The molecule has 3 heteroatoms. The lowest BCUT2D eigenvalue weighted by molar-refractivity contribution is 0.502. The first kappa shape index (κ1) is 10.1. The van der Waals surface area contributed by atoms with Crippen LogP contribution in [0, 0.1) is 0 Å². The zero-order valence-corrected chi connectivity index (χ0v) is 10.0. The highest BCUT2D eigenvalue weighted by Crippen LogP contribution is 2.32. The standard InChI is InChI=1S/C13H16N2S/c14-11-4-7-15(8-5-11)12-3-1-2-10-6-9-16-13(10)12/h1-3,6,9,11H,4-5,7-8,14H2. The topological polar surface area (TPSA) is 29.3 Å². The monoisotopic (exact) mass is 232 g/mol. The van der Waals surface area contributed by atoms with Crippen molar-refractivity contribution < 1.29 is 0 Å². The van der Waals surface area contributed by atoms with Gasteiger partial charge in [-0.3, -0.25) is 0 Å². The quantitative estimate of drug-likeness (QED) is 0.819. The predicted octanol–water partition coefficient (Wildman–Crippen LogP) is 2.83. The maximum absolute atomic E-state index is 5.94. The third-order valence-electron chi connectivity index (χ3n) is 3.34. The summed E-state index contributed by atoms with van der Waals surface area (Å²) < 4.78 is 1.41. The molecule has 1 fully saturated rings. The van der Waals surface area contributed by atoms with Crippen molar-refractivity contribution in [1.82, 2.24) is 0 Å². The normalized spacial score (nSPS) is 18.2. The first-order valence-electron chi connectivity index (χ1n) is 5.81. The van der Waals surface area contributed by atoms with Gasteiger partial charge < -0.3 is 10.6 Å². The summed E-state index contributed by atoms with van der Waals surface area (Å²) in [5.41, 5.74) is 7.33. The van der Waals surface area contributed by atoms with E-state index in [4.69, 9.17) is 5.73 Å². The van der Waals surface area contributed by atoms with Gasteiger partial charge in [0.15, 0.2) is 0 Å². The number of rotatable bonds is 1. The van der Waals surface area contributed by atoms with E-state index < -0.39 is 0 Å². The van der Waals surface area contributed by atoms with Gasteiger partial charge in [-0.25, -0.2) is 0 Å². The van der Waals surface area contributed by atoms with Gasteiger partial charge in [0.1, 0.15) is 0 Å². The average molecular weight is 232 g/mol. The summed E-state index contributed by atoms with van der Waals surface area (Å²) in [5.74, 6) is 0. The Morgan fingerprint density at radius 2 is 2.00 bits per heavy atom. The molecule has 0 radical (unpaired) electrons. The molecule has 0 amide bonds. The van der Waals surface area contributed by atoms with Gasteiger partial charge in [-0.15, -0.1) is 11.3 Å². The number of piperidine rings is 1. The lowest BCUT2D eigenvalue weighted by Crippen LogP contribution is -2.39. The van der Waals surface area contributed by atoms with Gasteiger partial charge in [0.25, 0.3) is 0 Å². The van der Waals surface area contributed by atoms with E-state index in [0.717, 1.165) is 25.9 Å². The molecule has 1 aromatic carbocycles. The fourth-order valence-electron chi connectivity index (χ4n) is 2.37. The number of hydrogen-bond donors (Lipinski definition) is 1. The molecule has 84 valence electrons. The lowest BCUT2D eigenvalue weighted by Gasteiger charge is -2.32. The van der Waals surface area contributed by atoms with E-state index in [2.05, 4.69) is 34.5 Å². The minimum atomic E-state index is 0.402. The predicted molar refractivity (Wildman–Crippen MR) is 71.2 cm³/mol. The number of nitrogens with zero attached hydrogens (tertiary/aromatic N) is 1. The summed E-state index contributed by atoms with van der Waals surface area (Å²) >= 11 is 1.84. The molecule has 16 heavy (non-hydrogen) atoms. The van der Waals surface area contributed by atoms with Crippen molar-refractivity contribution in [3.8, 4) is 0 Å². The molecule has 1 aromatic heterocycles. The van der Waals surface area contributed by atoms with Crippen LogP contribution in [-0.2, 0) is 0 Å². The number of nitrogens with two attached hydrogens (primary N) is 1. The van der Waals surface area contributed by atoms with Crippen molar-refractivity contribution in [1.29, 1.82) is 0 Å². The molecule has 2 aromatic rings. The Bertz CT molecular complexity index is 483. The van der Waals surface area contributed by atoms with Crippen LogP contribution in [-0.4, -0.2) is 19.1 Å². The Kier molecular flexibility index (Phi) is 2.58. The summed E-state index contributed by atoms with van der Waals surface area (Å²) in [5, 5.41) is 3.53. The SMILES string of the molecule is NC1CCN(c2cccc3ccsc23)CC1. The van der Waals surface area contributed by atoms with Crippen LogP contribution in [0.25, 0.3) is 10.1 Å². The van der Waals surface area contributed by atoms with Crippen LogP contribution in [0.5, 0.6) is 0 Å². The number of thiophene rings is 1. The second kappa shape index (κ2) is 4.07. The summed E-state index contributed by atoms with van der Waals surface area (Å²) in [6.07, 6.45) is 2.23. The van der Waals surface area contributed by atoms with Crippen molar-refractivity contribution in [3.63, 3.8) is 0 Å². The molecule has 1 aliphatic heterocycles. The fourth-order valence-corrected chi connectivity index (χ4v) is 3.31.